The minimum atomic E-state index is 0.103. The molecule has 4 heteroatoms. The number of benzene rings is 1. The summed E-state index contributed by atoms with van der Waals surface area (Å²) in [7, 11) is 0. The van der Waals surface area contributed by atoms with Gasteiger partial charge in [0.05, 0.1) is 0 Å². The van der Waals surface area contributed by atoms with Crippen LogP contribution in [0.3, 0.4) is 0 Å². The number of carbonyl (C=O) groups is 1. The molecule has 0 aliphatic rings. The third-order valence-electron chi connectivity index (χ3n) is 3.37. The lowest BCUT2D eigenvalue weighted by Crippen LogP contribution is -2.31. The van der Waals surface area contributed by atoms with E-state index in [0.29, 0.717) is 13.0 Å². The van der Waals surface area contributed by atoms with Gasteiger partial charge in [-0.1, -0.05) is 25.1 Å². The standard InChI is InChI=1S/C16H27N3O/c1-3-19(15-8-5-4-6-9-15)11-7-10-18-16(20)12-14(2)13-17/h4-6,8-9,14H,3,7,10-13,17H2,1-2H3,(H,18,20). The second-order valence-corrected chi connectivity index (χ2v) is 5.16. The third kappa shape index (κ3) is 6.06. The van der Waals surface area contributed by atoms with Crippen molar-refractivity contribution < 1.29 is 4.79 Å². The first kappa shape index (κ1) is 16.5. The average molecular weight is 277 g/mol. The molecule has 112 valence electrons. The molecule has 1 atom stereocenters. The van der Waals surface area contributed by atoms with Crippen LogP contribution < -0.4 is 16.0 Å². The lowest BCUT2D eigenvalue weighted by molar-refractivity contribution is -0.121. The van der Waals surface area contributed by atoms with Crippen LogP contribution in [0.1, 0.15) is 26.7 Å². The van der Waals surface area contributed by atoms with E-state index in [-0.39, 0.29) is 11.8 Å². The van der Waals surface area contributed by atoms with Crippen LogP contribution >= 0.6 is 0 Å². The van der Waals surface area contributed by atoms with E-state index in [0.717, 1.165) is 26.1 Å². The number of rotatable bonds is 9. The van der Waals surface area contributed by atoms with Gasteiger partial charge in [0.15, 0.2) is 0 Å². The fraction of sp³-hybridized carbons (Fsp3) is 0.562. The Balaban J connectivity index is 2.24. The van der Waals surface area contributed by atoms with Gasteiger partial charge in [-0.05, 0) is 37.9 Å². The van der Waals surface area contributed by atoms with Crippen LogP contribution in [0.15, 0.2) is 30.3 Å². The summed E-state index contributed by atoms with van der Waals surface area (Å²) in [5.74, 6) is 0.358. The van der Waals surface area contributed by atoms with Crippen molar-refractivity contribution >= 4 is 11.6 Å². The molecule has 0 aliphatic heterocycles. The SMILES string of the molecule is CCN(CCCNC(=O)CC(C)CN)c1ccccc1. The van der Waals surface area contributed by atoms with Gasteiger partial charge in [0.2, 0.25) is 5.91 Å². The molecule has 1 aromatic rings. The van der Waals surface area contributed by atoms with Crippen LogP contribution in [-0.2, 0) is 4.79 Å². The molecule has 1 aromatic carbocycles. The van der Waals surface area contributed by atoms with Gasteiger partial charge >= 0.3 is 0 Å². The van der Waals surface area contributed by atoms with Crippen LogP contribution in [0.5, 0.6) is 0 Å². The smallest absolute Gasteiger partial charge is 0.220 e. The van der Waals surface area contributed by atoms with E-state index in [4.69, 9.17) is 5.73 Å². The van der Waals surface area contributed by atoms with Crippen LogP contribution in [0.25, 0.3) is 0 Å². The van der Waals surface area contributed by atoms with Crippen molar-refractivity contribution in [3.63, 3.8) is 0 Å². The van der Waals surface area contributed by atoms with E-state index < -0.39 is 0 Å². The lowest BCUT2D eigenvalue weighted by Gasteiger charge is -2.23. The van der Waals surface area contributed by atoms with Crippen LogP contribution in [0, 0.1) is 5.92 Å². The zero-order valence-electron chi connectivity index (χ0n) is 12.6. The third-order valence-corrected chi connectivity index (χ3v) is 3.37. The average Bonchev–Trinajstić information content (AvgIpc) is 2.48. The summed E-state index contributed by atoms with van der Waals surface area (Å²) >= 11 is 0. The monoisotopic (exact) mass is 277 g/mol. The summed E-state index contributed by atoms with van der Waals surface area (Å²) in [6, 6.07) is 10.4. The summed E-state index contributed by atoms with van der Waals surface area (Å²) in [6.07, 6.45) is 1.47. The van der Waals surface area contributed by atoms with Crippen molar-refractivity contribution in [2.45, 2.75) is 26.7 Å². The fourth-order valence-electron chi connectivity index (χ4n) is 2.08. The Kier molecular flexibility index (Phi) is 7.73. The molecule has 0 spiro atoms. The largest absolute Gasteiger partial charge is 0.372 e. The molecule has 0 radical (unpaired) electrons. The highest BCUT2D eigenvalue weighted by Gasteiger charge is 2.07. The molecule has 0 bridgehead atoms. The first-order valence-corrected chi connectivity index (χ1v) is 7.44. The Morgan fingerprint density at radius 3 is 2.65 bits per heavy atom. The summed E-state index contributed by atoms with van der Waals surface area (Å²) in [4.78, 5) is 13.9. The molecule has 0 aromatic heterocycles. The van der Waals surface area contributed by atoms with Gasteiger partial charge in [0.1, 0.15) is 0 Å². The predicted octanol–water partition coefficient (Wildman–Crippen LogP) is 2.00. The van der Waals surface area contributed by atoms with Crippen molar-refractivity contribution in [1.29, 1.82) is 0 Å². The Bertz CT molecular complexity index is 381. The molecule has 4 nitrogen and oxygen atoms in total. The molecule has 20 heavy (non-hydrogen) atoms. The number of amides is 1. The molecule has 1 rings (SSSR count). The summed E-state index contributed by atoms with van der Waals surface area (Å²) in [5, 5.41) is 2.96. The second-order valence-electron chi connectivity index (χ2n) is 5.16. The zero-order chi connectivity index (χ0) is 14.8. The number of hydrogen-bond donors (Lipinski definition) is 2. The highest BCUT2D eigenvalue weighted by Crippen LogP contribution is 2.12. The number of nitrogens with zero attached hydrogens (tertiary/aromatic N) is 1. The van der Waals surface area contributed by atoms with Crippen molar-refractivity contribution in [3.05, 3.63) is 30.3 Å². The van der Waals surface area contributed by atoms with E-state index in [1.165, 1.54) is 5.69 Å². The van der Waals surface area contributed by atoms with Gasteiger partial charge in [0.25, 0.3) is 0 Å². The molecule has 1 amide bonds. The van der Waals surface area contributed by atoms with Gasteiger partial charge in [-0.15, -0.1) is 0 Å². The van der Waals surface area contributed by atoms with Crippen molar-refractivity contribution in [2.75, 3.05) is 31.1 Å². The maximum Gasteiger partial charge on any atom is 0.220 e. The van der Waals surface area contributed by atoms with Gasteiger partial charge in [-0.3, -0.25) is 4.79 Å². The number of carbonyl (C=O) groups excluding carboxylic acids is 1. The molecule has 3 N–H and O–H groups in total. The number of anilines is 1. The Morgan fingerprint density at radius 2 is 2.05 bits per heavy atom. The summed E-state index contributed by atoms with van der Waals surface area (Å²) < 4.78 is 0. The molecule has 0 fully saturated rings. The molecule has 0 aliphatic carbocycles. The van der Waals surface area contributed by atoms with Gasteiger partial charge in [0, 0.05) is 31.7 Å². The van der Waals surface area contributed by atoms with Crippen molar-refractivity contribution in [2.24, 2.45) is 11.7 Å². The quantitative estimate of drug-likeness (QED) is 0.679. The number of nitrogens with one attached hydrogen (secondary N) is 1. The highest BCUT2D eigenvalue weighted by atomic mass is 16.1. The molecule has 1 unspecified atom stereocenters. The summed E-state index contributed by atoms with van der Waals surface area (Å²) in [6.45, 7) is 7.35. The Hall–Kier alpha value is -1.55. The Labute approximate surface area is 122 Å². The molecule has 0 saturated heterocycles. The fourth-order valence-corrected chi connectivity index (χ4v) is 2.08. The molecule has 0 heterocycles. The van der Waals surface area contributed by atoms with Gasteiger partial charge in [-0.2, -0.15) is 0 Å². The number of para-hydroxylation sites is 1. The van der Waals surface area contributed by atoms with E-state index in [2.05, 4.69) is 29.3 Å². The summed E-state index contributed by atoms with van der Waals surface area (Å²) in [5.41, 5.74) is 6.74. The highest BCUT2D eigenvalue weighted by molar-refractivity contribution is 5.76. The molecule has 0 saturated carbocycles. The second kappa shape index (κ2) is 9.37. The number of hydrogen-bond acceptors (Lipinski definition) is 3. The van der Waals surface area contributed by atoms with Crippen molar-refractivity contribution in [1.82, 2.24) is 5.32 Å². The Morgan fingerprint density at radius 1 is 1.35 bits per heavy atom. The van der Waals surface area contributed by atoms with Crippen LogP contribution in [-0.4, -0.2) is 32.1 Å². The first-order valence-electron chi connectivity index (χ1n) is 7.44. The van der Waals surface area contributed by atoms with Crippen molar-refractivity contribution in [3.8, 4) is 0 Å². The maximum atomic E-state index is 11.6. The lowest BCUT2D eigenvalue weighted by atomic mass is 10.1. The van der Waals surface area contributed by atoms with E-state index in [1.807, 2.05) is 25.1 Å². The van der Waals surface area contributed by atoms with Crippen LogP contribution in [0.2, 0.25) is 0 Å². The van der Waals surface area contributed by atoms with Gasteiger partial charge in [-0.25, -0.2) is 0 Å². The minimum absolute atomic E-state index is 0.103. The topological polar surface area (TPSA) is 58.4 Å². The minimum Gasteiger partial charge on any atom is -0.372 e. The predicted molar refractivity (Wildman–Crippen MR) is 84.8 cm³/mol. The zero-order valence-corrected chi connectivity index (χ0v) is 12.6. The first-order chi connectivity index (χ1) is 9.67. The molecular weight excluding hydrogens is 250 g/mol. The van der Waals surface area contributed by atoms with E-state index in [1.54, 1.807) is 0 Å². The molecular formula is C16H27N3O. The van der Waals surface area contributed by atoms with E-state index in [9.17, 15) is 4.79 Å². The van der Waals surface area contributed by atoms with Gasteiger partial charge < -0.3 is 16.0 Å². The maximum absolute atomic E-state index is 11.6. The number of nitrogens with two attached hydrogens (primary N) is 1. The van der Waals surface area contributed by atoms with Crippen LogP contribution in [0.4, 0.5) is 5.69 Å². The van der Waals surface area contributed by atoms with E-state index >= 15 is 0 Å². The normalized spacial score (nSPS) is 11.9.